The molecule has 1 heterocycles. The average Bonchev–Trinajstić information content (AvgIpc) is 3.77. The van der Waals surface area contributed by atoms with Gasteiger partial charge in [-0.05, 0) is 80.0 Å². The first kappa shape index (κ1) is 27.0. The van der Waals surface area contributed by atoms with Crippen molar-refractivity contribution in [3.8, 4) is 11.1 Å². The van der Waals surface area contributed by atoms with Gasteiger partial charge in [-0.2, -0.15) is 0 Å². The highest BCUT2D eigenvalue weighted by atomic mass is 35.5. The van der Waals surface area contributed by atoms with E-state index in [1.165, 1.54) is 0 Å². The van der Waals surface area contributed by atoms with E-state index in [1.54, 1.807) is 4.90 Å². The summed E-state index contributed by atoms with van der Waals surface area (Å²) in [5, 5.41) is 0.653. The van der Waals surface area contributed by atoms with Crippen LogP contribution in [0.2, 0.25) is 5.02 Å². The molecule has 1 saturated carbocycles. The van der Waals surface area contributed by atoms with Crippen molar-refractivity contribution in [2.45, 2.75) is 58.2 Å². The fraction of sp³-hybridized carbons (Fsp3) is 0.333. The van der Waals surface area contributed by atoms with Gasteiger partial charge in [-0.25, -0.2) is 4.79 Å². The van der Waals surface area contributed by atoms with Crippen LogP contribution in [0.3, 0.4) is 0 Å². The van der Waals surface area contributed by atoms with Crippen LogP contribution in [-0.2, 0) is 16.1 Å². The molecular formula is C33H35ClN2O3. The van der Waals surface area contributed by atoms with Gasteiger partial charge in [-0.15, -0.1) is 0 Å². The second-order valence-corrected chi connectivity index (χ2v) is 11.7. The van der Waals surface area contributed by atoms with E-state index in [0.29, 0.717) is 30.1 Å². The molecule has 3 aromatic carbocycles. The summed E-state index contributed by atoms with van der Waals surface area (Å²) in [6, 6.07) is 26.4. The summed E-state index contributed by atoms with van der Waals surface area (Å²) in [5.74, 6) is -0.0363. The molecule has 1 aliphatic heterocycles. The van der Waals surface area contributed by atoms with Gasteiger partial charge in [0, 0.05) is 29.7 Å². The highest BCUT2D eigenvalue weighted by Crippen LogP contribution is 2.36. The van der Waals surface area contributed by atoms with E-state index >= 15 is 0 Å². The fourth-order valence-corrected chi connectivity index (χ4v) is 5.21. The minimum absolute atomic E-state index is 0.0363. The normalized spacial score (nSPS) is 15.7. The third-order valence-electron chi connectivity index (χ3n) is 7.12. The van der Waals surface area contributed by atoms with Crippen LogP contribution in [0.25, 0.3) is 16.7 Å². The number of carbonyl (C=O) groups excluding carboxylic acids is 2. The van der Waals surface area contributed by atoms with Crippen molar-refractivity contribution >= 4 is 29.2 Å². The summed E-state index contributed by atoms with van der Waals surface area (Å²) >= 11 is 6.49. The van der Waals surface area contributed by atoms with Crippen molar-refractivity contribution < 1.29 is 14.3 Å². The largest absolute Gasteiger partial charge is 0.444 e. The van der Waals surface area contributed by atoms with Crippen LogP contribution in [-0.4, -0.2) is 46.5 Å². The van der Waals surface area contributed by atoms with Crippen LogP contribution < -0.4 is 0 Å². The second-order valence-electron chi connectivity index (χ2n) is 11.3. The Bertz CT molecular complexity index is 1390. The Kier molecular flexibility index (Phi) is 7.81. The molecule has 0 aromatic heterocycles. The van der Waals surface area contributed by atoms with Crippen LogP contribution in [0.15, 0.2) is 84.4 Å². The molecule has 0 N–H and O–H groups in total. The maximum Gasteiger partial charge on any atom is 0.410 e. The molecule has 5 nitrogen and oxygen atoms in total. The first-order chi connectivity index (χ1) is 18.7. The van der Waals surface area contributed by atoms with Gasteiger partial charge in [0.1, 0.15) is 5.60 Å². The van der Waals surface area contributed by atoms with Crippen molar-refractivity contribution in [2.75, 3.05) is 13.1 Å². The van der Waals surface area contributed by atoms with E-state index in [2.05, 4.69) is 30.3 Å². The van der Waals surface area contributed by atoms with Crippen molar-refractivity contribution in [2.24, 2.45) is 0 Å². The van der Waals surface area contributed by atoms with E-state index in [9.17, 15) is 9.59 Å². The lowest BCUT2D eigenvalue weighted by Gasteiger charge is -2.34. The Balaban J connectivity index is 1.53. The molecule has 0 spiro atoms. The van der Waals surface area contributed by atoms with E-state index < -0.39 is 11.7 Å². The van der Waals surface area contributed by atoms with Crippen molar-refractivity contribution in [1.82, 2.24) is 9.80 Å². The lowest BCUT2D eigenvalue weighted by Crippen LogP contribution is -2.44. The molecule has 1 fully saturated rings. The number of halogens is 1. The van der Waals surface area contributed by atoms with Gasteiger partial charge < -0.3 is 14.5 Å². The number of carbonyl (C=O) groups is 2. The van der Waals surface area contributed by atoms with E-state index in [1.807, 2.05) is 74.2 Å². The predicted molar refractivity (Wildman–Crippen MR) is 156 cm³/mol. The molecule has 0 bridgehead atoms. The number of hydrogen-bond donors (Lipinski definition) is 0. The van der Waals surface area contributed by atoms with Crippen molar-refractivity contribution in [3.63, 3.8) is 0 Å². The summed E-state index contributed by atoms with van der Waals surface area (Å²) in [6.07, 6.45) is 2.12. The number of hydrogen-bond acceptors (Lipinski definition) is 3. The summed E-state index contributed by atoms with van der Waals surface area (Å²) in [6.45, 7) is 6.71. The van der Waals surface area contributed by atoms with Gasteiger partial charge in [-0.1, -0.05) is 78.3 Å². The van der Waals surface area contributed by atoms with Crippen LogP contribution >= 0.6 is 11.6 Å². The maximum absolute atomic E-state index is 14.3. The van der Waals surface area contributed by atoms with Crippen LogP contribution in [0.4, 0.5) is 4.79 Å². The lowest BCUT2D eigenvalue weighted by atomic mass is 9.90. The molecule has 1 aliphatic carbocycles. The van der Waals surface area contributed by atoms with Crippen LogP contribution in [0, 0.1) is 0 Å². The summed E-state index contributed by atoms with van der Waals surface area (Å²) < 4.78 is 5.68. The third kappa shape index (κ3) is 6.54. The van der Waals surface area contributed by atoms with E-state index in [0.717, 1.165) is 40.7 Å². The van der Waals surface area contributed by atoms with Gasteiger partial charge in [-0.3, -0.25) is 4.79 Å². The van der Waals surface area contributed by atoms with Gasteiger partial charge in [0.05, 0.1) is 6.54 Å². The smallest absolute Gasteiger partial charge is 0.410 e. The van der Waals surface area contributed by atoms with E-state index in [-0.39, 0.29) is 18.5 Å². The highest BCUT2D eigenvalue weighted by molar-refractivity contribution is 6.31. The zero-order valence-electron chi connectivity index (χ0n) is 22.8. The SMILES string of the molecule is CC(C)(C)OC(=O)N1CCC(c2cccc(-c3ccccc3)c2)=C(C(=O)N(Cc2ccccc2Cl)C2CC2)C1. The first-order valence-corrected chi connectivity index (χ1v) is 14.0. The van der Waals surface area contributed by atoms with Gasteiger partial charge in [0.2, 0.25) is 0 Å². The Morgan fingerprint density at radius 1 is 0.923 bits per heavy atom. The molecule has 3 aromatic rings. The Labute approximate surface area is 236 Å². The Morgan fingerprint density at radius 2 is 1.59 bits per heavy atom. The highest BCUT2D eigenvalue weighted by Gasteiger charge is 2.38. The quantitative estimate of drug-likeness (QED) is 0.322. The number of amides is 2. The van der Waals surface area contributed by atoms with Crippen LogP contribution in [0.5, 0.6) is 0 Å². The molecule has 6 heteroatoms. The zero-order valence-corrected chi connectivity index (χ0v) is 23.6. The van der Waals surface area contributed by atoms with Gasteiger partial charge in [0.25, 0.3) is 5.91 Å². The maximum atomic E-state index is 14.3. The zero-order chi connectivity index (χ0) is 27.6. The predicted octanol–water partition coefficient (Wildman–Crippen LogP) is 7.59. The number of rotatable bonds is 6. The molecule has 202 valence electrons. The first-order valence-electron chi connectivity index (χ1n) is 13.6. The van der Waals surface area contributed by atoms with Gasteiger partial charge in [0.15, 0.2) is 0 Å². The van der Waals surface area contributed by atoms with E-state index in [4.69, 9.17) is 16.3 Å². The molecule has 2 aliphatic rings. The molecule has 0 unspecified atom stereocenters. The molecule has 0 saturated heterocycles. The molecule has 0 radical (unpaired) electrons. The fourth-order valence-electron chi connectivity index (χ4n) is 5.01. The molecule has 39 heavy (non-hydrogen) atoms. The van der Waals surface area contributed by atoms with Crippen molar-refractivity contribution in [1.29, 1.82) is 0 Å². The third-order valence-corrected chi connectivity index (χ3v) is 7.49. The second kappa shape index (κ2) is 11.3. The topological polar surface area (TPSA) is 49.9 Å². The molecular weight excluding hydrogens is 508 g/mol. The van der Waals surface area contributed by atoms with Crippen LogP contribution in [0.1, 0.15) is 51.2 Å². The monoisotopic (exact) mass is 542 g/mol. The van der Waals surface area contributed by atoms with Crippen molar-refractivity contribution in [3.05, 3.63) is 101 Å². The number of benzene rings is 3. The molecule has 0 atom stereocenters. The van der Waals surface area contributed by atoms with Gasteiger partial charge >= 0.3 is 6.09 Å². The standard InChI is InChI=1S/C33H35ClN2O3/c1-33(2,3)39-32(38)35-19-18-28(25-14-9-13-24(20-25)23-10-5-4-6-11-23)29(22-35)31(37)36(27-16-17-27)21-26-12-7-8-15-30(26)34/h4-15,20,27H,16-19,21-22H2,1-3H3. The number of ether oxygens (including phenoxy) is 1. The molecule has 2 amide bonds. The summed E-state index contributed by atoms with van der Waals surface area (Å²) in [4.78, 5) is 31.0. The minimum atomic E-state index is -0.612. The summed E-state index contributed by atoms with van der Waals surface area (Å²) in [5.41, 5.74) is 5.18. The lowest BCUT2D eigenvalue weighted by molar-refractivity contribution is -0.128. The average molecular weight is 543 g/mol. The summed E-state index contributed by atoms with van der Waals surface area (Å²) in [7, 11) is 0. The Morgan fingerprint density at radius 3 is 2.28 bits per heavy atom. The molecule has 5 rings (SSSR count). The Hall–Kier alpha value is -3.57. The number of nitrogens with zero attached hydrogens (tertiary/aromatic N) is 2. The minimum Gasteiger partial charge on any atom is -0.444 e.